The van der Waals surface area contributed by atoms with Gasteiger partial charge in [-0.25, -0.2) is 4.98 Å². The van der Waals surface area contributed by atoms with E-state index in [1.807, 2.05) is 32.0 Å². The first-order valence-corrected chi connectivity index (χ1v) is 13.0. The van der Waals surface area contributed by atoms with Crippen LogP contribution in [0.25, 0.3) is 0 Å². The minimum absolute atomic E-state index is 0.0757. The van der Waals surface area contributed by atoms with Crippen LogP contribution in [-0.2, 0) is 22.6 Å². The van der Waals surface area contributed by atoms with E-state index in [1.54, 1.807) is 36.8 Å². The van der Waals surface area contributed by atoms with E-state index in [2.05, 4.69) is 15.6 Å². The summed E-state index contributed by atoms with van der Waals surface area (Å²) in [6.45, 7) is 4.81. The fourth-order valence-corrected chi connectivity index (χ4v) is 4.56. The summed E-state index contributed by atoms with van der Waals surface area (Å²) in [5.41, 5.74) is 1.91. The summed E-state index contributed by atoms with van der Waals surface area (Å²) in [4.78, 5) is 44.1. The molecule has 2 N–H and O–H groups in total. The molecule has 1 aliphatic heterocycles. The molecule has 4 rings (SSSR count). The maximum atomic E-state index is 13.0. The van der Waals surface area contributed by atoms with Gasteiger partial charge in [-0.15, -0.1) is 11.3 Å². The molecule has 10 nitrogen and oxygen atoms in total. The van der Waals surface area contributed by atoms with Crippen molar-refractivity contribution >= 4 is 34.2 Å². The number of methoxy groups -OCH3 is 1. The lowest BCUT2D eigenvalue weighted by Crippen LogP contribution is -2.40. The van der Waals surface area contributed by atoms with E-state index in [9.17, 15) is 14.4 Å². The SMILES string of the molecule is COc1ccc(C(=O)N(CC(=O)Nc2nc(CC(=O)NCc3ccc4c(c3)OCO4)cs2)CC(C)C)cc1. The first-order chi connectivity index (χ1) is 18.3. The molecule has 0 bridgehead atoms. The van der Waals surface area contributed by atoms with E-state index in [0.29, 0.717) is 46.7 Å². The molecular weight excluding hydrogens is 508 g/mol. The molecule has 200 valence electrons. The number of hydrogen-bond donors (Lipinski definition) is 2. The van der Waals surface area contributed by atoms with Crippen molar-refractivity contribution < 1.29 is 28.6 Å². The number of nitrogens with zero attached hydrogens (tertiary/aromatic N) is 2. The summed E-state index contributed by atoms with van der Waals surface area (Å²) in [7, 11) is 1.56. The molecule has 0 saturated heterocycles. The lowest BCUT2D eigenvalue weighted by Gasteiger charge is -2.24. The standard InChI is InChI=1S/C27H30N4O6S/c1-17(2)13-31(26(34)19-5-7-21(35-3)8-6-19)14-25(33)30-27-29-20(15-38-27)11-24(32)28-12-18-4-9-22-23(10-18)37-16-36-22/h4-10,15,17H,11-14,16H2,1-3H3,(H,28,32)(H,29,30,33). The summed E-state index contributed by atoms with van der Waals surface area (Å²) in [6.07, 6.45) is 0.0757. The Balaban J connectivity index is 1.28. The molecule has 0 fully saturated rings. The highest BCUT2D eigenvalue weighted by Gasteiger charge is 2.21. The van der Waals surface area contributed by atoms with E-state index in [0.717, 1.165) is 5.56 Å². The van der Waals surface area contributed by atoms with E-state index in [4.69, 9.17) is 14.2 Å². The molecule has 0 aliphatic carbocycles. The highest BCUT2D eigenvalue weighted by Crippen LogP contribution is 2.32. The van der Waals surface area contributed by atoms with Gasteiger partial charge in [0.1, 0.15) is 12.3 Å². The first kappa shape index (κ1) is 26.9. The number of fused-ring (bicyclic) bond motifs is 1. The monoisotopic (exact) mass is 538 g/mol. The van der Waals surface area contributed by atoms with Gasteiger partial charge in [-0.1, -0.05) is 19.9 Å². The van der Waals surface area contributed by atoms with E-state index in [1.165, 1.54) is 16.2 Å². The third kappa shape index (κ3) is 7.22. The van der Waals surface area contributed by atoms with Crippen LogP contribution < -0.4 is 24.8 Å². The van der Waals surface area contributed by atoms with E-state index in [-0.39, 0.29) is 43.4 Å². The Morgan fingerprint density at radius 2 is 1.84 bits per heavy atom. The molecule has 0 spiro atoms. The summed E-state index contributed by atoms with van der Waals surface area (Å²) in [5.74, 6) is 1.38. The minimum Gasteiger partial charge on any atom is -0.497 e. The summed E-state index contributed by atoms with van der Waals surface area (Å²) >= 11 is 1.23. The fraction of sp³-hybridized carbons (Fsp3) is 0.333. The highest BCUT2D eigenvalue weighted by atomic mass is 32.1. The maximum Gasteiger partial charge on any atom is 0.254 e. The molecule has 3 amide bonds. The van der Waals surface area contributed by atoms with Crippen molar-refractivity contribution in [1.82, 2.24) is 15.2 Å². The normalized spacial score (nSPS) is 11.8. The lowest BCUT2D eigenvalue weighted by molar-refractivity contribution is -0.120. The number of aromatic nitrogens is 1. The molecule has 1 aromatic heterocycles. The third-order valence-corrected chi connectivity index (χ3v) is 6.42. The molecule has 2 aromatic carbocycles. The van der Waals surface area contributed by atoms with E-state index >= 15 is 0 Å². The van der Waals surface area contributed by atoms with Crippen LogP contribution >= 0.6 is 11.3 Å². The lowest BCUT2D eigenvalue weighted by atomic mass is 10.1. The molecular formula is C27H30N4O6S. The van der Waals surface area contributed by atoms with Gasteiger partial charge in [0.25, 0.3) is 5.91 Å². The molecule has 1 aliphatic rings. The summed E-state index contributed by atoms with van der Waals surface area (Å²) in [6, 6.07) is 12.3. The number of anilines is 1. The molecule has 38 heavy (non-hydrogen) atoms. The molecule has 11 heteroatoms. The Kier molecular flexibility index (Phi) is 8.80. The van der Waals surface area contributed by atoms with Crippen molar-refractivity contribution in [3.63, 3.8) is 0 Å². The second-order valence-electron chi connectivity index (χ2n) is 9.14. The number of ether oxygens (including phenoxy) is 3. The van der Waals surface area contributed by atoms with Crippen LogP contribution in [0.2, 0.25) is 0 Å². The summed E-state index contributed by atoms with van der Waals surface area (Å²) in [5, 5.41) is 7.70. The smallest absolute Gasteiger partial charge is 0.254 e. The topological polar surface area (TPSA) is 119 Å². The van der Waals surface area contributed by atoms with E-state index < -0.39 is 0 Å². The van der Waals surface area contributed by atoms with Gasteiger partial charge in [0, 0.05) is 24.0 Å². The third-order valence-electron chi connectivity index (χ3n) is 5.61. The van der Waals surface area contributed by atoms with Gasteiger partial charge >= 0.3 is 0 Å². The van der Waals surface area contributed by atoms with Crippen LogP contribution in [0.3, 0.4) is 0 Å². The Morgan fingerprint density at radius 3 is 2.58 bits per heavy atom. The molecule has 0 radical (unpaired) electrons. The van der Waals surface area contributed by atoms with Crippen molar-refractivity contribution in [2.24, 2.45) is 5.92 Å². The van der Waals surface area contributed by atoms with Crippen LogP contribution in [-0.4, -0.2) is 54.6 Å². The Bertz CT molecular complexity index is 1290. The predicted octanol–water partition coefficient (Wildman–Crippen LogP) is 3.48. The molecule has 3 aromatic rings. The van der Waals surface area contributed by atoms with Gasteiger partial charge in [0.15, 0.2) is 16.6 Å². The minimum atomic E-state index is -0.360. The zero-order chi connectivity index (χ0) is 27.1. The van der Waals surface area contributed by atoms with Gasteiger partial charge in [-0.2, -0.15) is 0 Å². The number of hydrogen-bond acceptors (Lipinski definition) is 8. The first-order valence-electron chi connectivity index (χ1n) is 12.1. The molecule has 0 atom stereocenters. The molecule has 0 unspecified atom stereocenters. The maximum absolute atomic E-state index is 13.0. The Labute approximate surface area is 224 Å². The van der Waals surface area contributed by atoms with Crippen molar-refractivity contribution in [2.45, 2.75) is 26.8 Å². The van der Waals surface area contributed by atoms with Gasteiger partial charge in [-0.05, 0) is 47.9 Å². The average Bonchev–Trinajstić information content (AvgIpc) is 3.55. The quantitative estimate of drug-likeness (QED) is 0.384. The summed E-state index contributed by atoms with van der Waals surface area (Å²) < 4.78 is 15.8. The highest BCUT2D eigenvalue weighted by molar-refractivity contribution is 7.13. The second kappa shape index (κ2) is 12.4. The Hall–Kier alpha value is -4.12. The predicted molar refractivity (Wildman–Crippen MR) is 143 cm³/mol. The number of benzene rings is 2. The number of carbonyl (C=O) groups excluding carboxylic acids is 3. The largest absolute Gasteiger partial charge is 0.497 e. The zero-order valence-corrected chi connectivity index (χ0v) is 22.3. The van der Waals surface area contributed by atoms with Crippen molar-refractivity contribution in [3.05, 3.63) is 64.7 Å². The number of carbonyl (C=O) groups is 3. The number of nitrogens with one attached hydrogen (secondary N) is 2. The van der Waals surface area contributed by atoms with Gasteiger partial charge < -0.3 is 29.7 Å². The average molecular weight is 539 g/mol. The van der Waals surface area contributed by atoms with Crippen molar-refractivity contribution in [3.8, 4) is 17.2 Å². The Morgan fingerprint density at radius 1 is 1.08 bits per heavy atom. The molecule has 2 heterocycles. The molecule has 0 saturated carbocycles. The van der Waals surface area contributed by atoms with Crippen LogP contribution in [0.4, 0.5) is 5.13 Å². The van der Waals surface area contributed by atoms with Gasteiger partial charge in [-0.3, -0.25) is 14.4 Å². The van der Waals surface area contributed by atoms with Crippen molar-refractivity contribution in [1.29, 1.82) is 0 Å². The second-order valence-corrected chi connectivity index (χ2v) is 10.00. The zero-order valence-electron chi connectivity index (χ0n) is 21.5. The van der Waals surface area contributed by atoms with Crippen LogP contribution in [0, 0.1) is 5.92 Å². The van der Waals surface area contributed by atoms with Crippen molar-refractivity contribution in [2.75, 3.05) is 32.3 Å². The fourth-order valence-electron chi connectivity index (χ4n) is 3.83. The number of amides is 3. The van der Waals surface area contributed by atoms with Crippen LogP contribution in [0.1, 0.15) is 35.5 Å². The van der Waals surface area contributed by atoms with Crippen LogP contribution in [0.15, 0.2) is 47.8 Å². The number of rotatable bonds is 11. The van der Waals surface area contributed by atoms with Gasteiger partial charge in [0.2, 0.25) is 18.6 Å². The van der Waals surface area contributed by atoms with Gasteiger partial charge in [0.05, 0.1) is 19.2 Å². The number of thiazole rings is 1. The van der Waals surface area contributed by atoms with Crippen LogP contribution in [0.5, 0.6) is 17.2 Å².